The van der Waals surface area contributed by atoms with E-state index in [9.17, 15) is 5.11 Å². The Kier molecular flexibility index (Phi) is 3.91. The van der Waals surface area contributed by atoms with Crippen molar-refractivity contribution in [1.82, 2.24) is 0 Å². The molecule has 3 rings (SSSR count). The predicted octanol–water partition coefficient (Wildman–Crippen LogP) is 4.32. The van der Waals surface area contributed by atoms with Crippen LogP contribution in [0.4, 0.5) is 0 Å². The molecule has 4 heteroatoms. The molecule has 0 fully saturated rings. The van der Waals surface area contributed by atoms with E-state index >= 15 is 0 Å². The molecular weight excluding hydrogens is 332 g/mol. The maximum absolute atomic E-state index is 10.4. The first-order chi connectivity index (χ1) is 10.1. The van der Waals surface area contributed by atoms with Gasteiger partial charge in [0.05, 0.1) is 13.2 Å². The summed E-state index contributed by atoms with van der Waals surface area (Å²) in [7, 11) is 1.62. The third-order valence-electron chi connectivity index (χ3n) is 3.79. The van der Waals surface area contributed by atoms with Crippen molar-refractivity contribution in [1.29, 1.82) is 0 Å². The highest BCUT2D eigenvalue weighted by Crippen LogP contribution is 2.43. The fourth-order valence-corrected chi connectivity index (χ4v) is 3.38. The van der Waals surface area contributed by atoms with Crippen LogP contribution in [0.1, 0.15) is 35.3 Å². The van der Waals surface area contributed by atoms with Crippen molar-refractivity contribution in [2.24, 2.45) is 0 Å². The lowest BCUT2D eigenvalue weighted by atomic mass is 9.94. The average Bonchev–Trinajstić information content (AvgIpc) is 2.46. The Morgan fingerprint density at radius 2 is 1.95 bits per heavy atom. The minimum Gasteiger partial charge on any atom is -0.497 e. The van der Waals surface area contributed by atoms with Gasteiger partial charge in [0.15, 0.2) is 0 Å². The minimum absolute atomic E-state index is 0.172. The first kappa shape index (κ1) is 14.4. The molecular formula is C17H17BrO3. The lowest BCUT2D eigenvalue weighted by Gasteiger charge is -2.30. The Morgan fingerprint density at radius 3 is 2.67 bits per heavy atom. The molecule has 1 aliphatic heterocycles. The Bertz CT molecular complexity index is 669. The average molecular weight is 349 g/mol. The van der Waals surface area contributed by atoms with Crippen molar-refractivity contribution in [2.45, 2.75) is 25.6 Å². The molecule has 0 radical (unpaired) electrons. The number of benzene rings is 2. The standard InChI is InChI=1S/C17H17BrO3/c1-10-3-5-12(14(18)7-10)17-9-15(19)13-6-4-11(20-2)8-16(13)21-17/h3-8,15,17,19H,9H2,1-2H3. The molecule has 0 amide bonds. The Hall–Kier alpha value is -1.52. The molecule has 1 N–H and O–H groups in total. The zero-order chi connectivity index (χ0) is 15.0. The van der Waals surface area contributed by atoms with E-state index in [1.54, 1.807) is 7.11 Å². The molecule has 3 nitrogen and oxygen atoms in total. The monoisotopic (exact) mass is 348 g/mol. The lowest BCUT2D eigenvalue weighted by molar-refractivity contribution is 0.0651. The van der Waals surface area contributed by atoms with Gasteiger partial charge in [-0.2, -0.15) is 0 Å². The van der Waals surface area contributed by atoms with E-state index in [2.05, 4.69) is 28.1 Å². The van der Waals surface area contributed by atoms with Gasteiger partial charge in [0, 0.05) is 28.1 Å². The first-order valence-corrected chi connectivity index (χ1v) is 7.66. The maximum atomic E-state index is 10.4. The van der Waals surface area contributed by atoms with Gasteiger partial charge < -0.3 is 14.6 Å². The van der Waals surface area contributed by atoms with E-state index in [0.29, 0.717) is 12.2 Å². The predicted molar refractivity (Wildman–Crippen MR) is 84.8 cm³/mol. The van der Waals surface area contributed by atoms with Crippen molar-refractivity contribution in [3.8, 4) is 11.5 Å². The van der Waals surface area contributed by atoms with Crippen LogP contribution < -0.4 is 9.47 Å². The van der Waals surface area contributed by atoms with E-state index in [1.165, 1.54) is 5.56 Å². The van der Waals surface area contributed by atoms with Crippen molar-refractivity contribution in [3.05, 3.63) is 57.6 Å². The van der Waals surface area contributed by atoms with Gasteiger partial charge in [0.2, 0.25) is 0 Å². The molecule has 0 aliphatic carbocycles. The van der Waals surface area contributed by atoms with E-state index in [-0.39, 0.29) is 6.10 Å². The van der Waals surface area contributed by atoms with Crippen LogP contribution in [0.25, 0.3) is 0 Å². The lowest BCUT2D eigenvalue weighted by Crippen LogP contribution is -2.19. The molecule has 0 spiro atoms. The van der Waals surface area contributed by atoms with Crippen LogP contribution >= 0.6 is 15.9 Å². The van der Waals surface area contributed by atoms with Gasteiger partial charge in [-0.25, -0.2) is 0 Å². The van der Waals surface area contributed by atoms with E-state index in [0.717, 1.165) is 21.3 Å². The topological polar surface area (TPSA) is 38.7 Å². The SMILES string of the molecule is COc1ccc2c(c1)OC(c1ccc(C)cc1Br)CC2O. The normalized spacial score (nSPS) is 20.6. The largest absolute Gasteiger partial charge is 0.497 e. The summed E-state index contributed by atoms with van der Waals surface area (Å²) < 4.78 is 12.3. The van der Waals surface area contributed by atoms with E-state index in [4.69, 9.17) is 9.47 Å². The molecule has 110 valence electrons. The molecule has 2 unspecified atom stereocenters. The van der Waals surface area contributed by atoms with Crippen LogP contribution in [0, 0.1) is 6.92 Å². The molecule has 2 aromatic carbocycles. The summed E-state index contributed by atoms with van der Waals surface area (Å²) in [5.74, 6) is 1.41. The Balaban J connectivity index is 1.96. The molecule has 2 atom stereocenters. The highest BCUT2D eigenvalue weighted by molar-refractivity contribution is 9.10. The third-order valence-corrected chi connectivity index (χ3v) is 4.48. The number of aryl methyl sites for hydroxylation is 1. The van der Waals surface area contributed by atoms with Crippen LogP contribution in [-0.2, 0) is 0 Å². The quantitative estimate of drug-likeness (QED) is 0.877. The Labute approximate surface area is 132 Å². The summed E-state index contributed by atoms with van der Waals surface area (Å²) in [6, 6.07) is 11.7. The van der Waals surface area contributed by atoms with Gasteiger partial charge in [-0.15, -0.1) is 0 Å². The van der Waals surface area contributed by atoms with Crippen LogP contribution in [0.2, 0.25) is 0 Å². The molecule has 0 bridgehead atoms. The Morgan fingerprint density at radius 1 is 1.19 bits per heavy atom. The number of rotatable bonds is 2. The van der Waals surface area contributed by atoms with Crippen LogP contribution in [-0.4, -0.2) is 12.2 Å². The summed E-state index contributed by atoms with van der Waals surface area (Å²) >= 11 is 3.58. The van der Waals surface area contributed by atoms with Crippen molar-refractivity contribution >= 4 is 15.9 Å². The fourth-order valence-electron chi connectivity index (χ4n) is 2.63. The molecule has 0 aromatic heterocycles. The molecule has 1 aliphatic rings. The number of hydrogen-bond donors (Lipinski definition) is 1. The highest BCUT2D eigenvalue weighted by Gasteiger charge is 2.29. The van der Waals surface area contributed by atoms with E-state index < -0.39 is 6.10 Å². The van der Waals surface area contributed by atoms with Gasteiger partial charge in [-0.3, -0.25) is 0 Å². The number of ether oxygens (including phenoxy) is 2. The van der Waals surface area contributed by atoms with Gasteiger partial charge in [-0.1, -0.05) is 28.1 Å². The van der Waals surface area contributed by atoms with Crippen LogP contribution in [0.3, 0.4) is 0 Å². The molecule has 0 saturated heterocycles. The van der Waals surface area contributed by atoms with Gasteiger partial charge in [0.25, 0.3) is 0 Å². The zero-order valence-corrected chi connectivity index (χ0v) is 13.6. The number of hydrogen-bond acceptors (Lipinski definition) is 3. The number of methoxy groups -OCH3 is 1. The number of aliphatic hydroxyl groups excluding tert-OH is 1. The number of fused-ring (bicyclic) bond motifs is 1. The first-order valence-electron chi connectivity index (χ1n) is 6.87. The summed E-state index contributed by atoms with van der Waals surface area (Å²) in [5.41, 5.74) is 3.05. The summed E-state index contributed by atoms with van der Waals surface area (Å²) in [4.78, 5) is 0. The maximum Gasteiger partial charge on any atom is 0.129 e. The van der Waals surface area contributed by atoms with Gasteiger partial charge >= 0.3 is 0 Å². The van der Waals surface area contributed by atoms with Crippen LogP contribution in [0.15, 0.2) is 40.9 Å². The van der Waals surface area contributed by atoms with Crippen molar-refractivity contribution < 1.29 is 14.6 Å². The van der Waals surface area contributed by atoms with E-state index in [1.807, 2.05) is 31.2 Å². The molecule has 2 aromatic rings. The second-order valence-corrected chi connectivity index (χ2v) is 6.14. The summed E-state index contributed by atoms with van der Waals surface area (Å²) in [5, 5.41) is 10.4. The third kappa shape index (κ3) is 2.78. The number of aliphatic hydroxyl groups is 1. The second-order valence-electron chi connectivity index (χ2n) is 5.29. The second kappa shape index (κ2) is 5.70. The molecule has 21 heavy (non-hydrogen) atoms. The highest BCUT2D eigenvalue weighted by atomic mass is 79.9. The van der Waals surface area contributed by atoms with Crippen molar-refractivity contribution in [2.75, 3.05) is 7.11 Å². The summed E-state index contributed by atoms with van der Waals surface area (Å²) in [6.45, 7) is 2.05. The zero-order valence-electron chi connectivity index (χ0n) is 12.0. The minimum atomic E-state index is -0.530. The number of halogens is 1. The smallest absolute Gasteiger partial charge is 0.129 e. The van der Waals surface area contributed by atoms with Gasteiger partial charge in [-0.05, 0) is 30.7 Å². The summed E-state index contributed by atoms with van der Waals surface area (Å²) in [6.07, 6.45) is -0.159. The van der Waals surface area contributed by atoms with Gasteiger partial charge in [0.1, 0.15) is 17.6 Å². The van der Waals surface area contributed by atoms with Crippen LogP contribution in [0.5, 0.6) is 11.5 Å². The fraction of sp³-hybridized carbons (Fsp3) is 0.294. The molecule has 0 saturated carbocycles. The van der Waals surface area contributed by atoms with Crippen molar-refractivity contribution in [3.63, 3.8) is 0 Å². The molecule has 1 heterocycles.